The molecule has 3 rings (SSSR count). The van der Waals surface area contributed by atoms with Crippen molar-refractivity contribution in [3.63, 3.8) is 0 Å². The fourth-order valence-electron chi connectivity index (χ4n) is 3.76. The molecule has 0 radical (unpaired) electrons. The molecular weight excluding hydrogens is 344 g/mol. The fourth-order valence-corrected chi connectivity index (χ4v) is 4.74. The van der Waals surface area contributed by atoms with Gasteiger partial charge < -0.3 is 10.6 Å². The first-order valence-corrected chi connectivity index (χ1v) is 10.2. The Hall–Kier alpha value is -1.86. The van der Waals surface area contributed by atoms with E-state index >= 15 is 0 Å². The van der Waals surface area contributed by atoms with Crippen molar-refractivity contribution in [3.8, 4) is 0 Å². The number of nitrogens with zero attached hydrogens (tertiary/aromatic N) is 4. The number of piperidine rings is 1. The summed E-state index contributed by atoms with van der Waals surface area (Å²) in [7, 11) is 6.03. The van der Waals surface area contributed by atoms with Crippen LogP contribution in [0.4, 0.5) is 0 Å². The van der Waals surface area contributed by atoms with Crippen molar-refractivity contribution in [2.24, 2.45) is 18.0 Å². The standard InChI is InChI=1S/C19H30N6S/c1-20-19(21-9-8-15-12-23-25(3)14-15)22-13-16-6-4-10-24(2)18(16)17-7-5-11-26-17/h5,7,11-12,14,16,18H,4,6,8-10,13H2,1-3H3,(H2,20,21,22). The second kappa shape index (κ2) is 9.19. The first-order valence-electron chi connectivity index (χ1n) is 9.33. The Kier molecular flexibility index (Phi) is 6.68. The van der Waals surface area contributed by atoms with E-state index in [2.05, 4.69) is 56.4 Å². The van der Waals surface area contributed by atoms with Crippen LogP contribution in [0, 0.1) is 5.92 Å². The van der Waals surface area contributed by atoms with Crippen molar-refractivity contribution in [2.45, 2.75) is 25.3 Å². The minimum Gasteiger partial charge on any atom is -0.356 e. The third kappa shape index (κ3) is 4.86. The minimum atomic E-state index is 0.504. The van der Waals surface area contributed by atoms with Crippen molar-refractivity contribution >= 4 is 17.3 Å². The van der Waals surface area contributed by atoms with Gasteiger partial charge in [0.25, 0.3) is 0 Å². The fraction of sp³-hybridized carbons (Fsp3) is 0.579. The molecule has 2 N–H and O–H groups in total. The average Bonchev–Trinajstić information content (AvgIpc) is 3.30. The molecule has 2 unspecified atom stereocenters. The molecule has 0 spiro atoms. The van der Waals surface area contributed by atoms with Crippen LogP contribution in [0.5, 0.6) is 0 Å². The third-order valence-corrected chi connectivity index (χ3v) is 6.00. The second-order valence-electron chi connectivity index (χ2n) is 7.00. The molecule has 7 heteroatoms. The number of hydrogen-bond donors (Lipinski definition) is 2. The molecule has 0 aliphatic carbocycles. The largest absolute Gasteiger partial charge is 0.356 e. The lowest BCUT2D eigenvalue weighted by atomic mass is 9.88. The number of rotatable bonds is 6. The first kappa shape index (κ1) is 18.9. The van der Waals surface area contributed by atoms with Gasteiger partial charge in [-0.05, 0) is 55.8 Å². The van der Waals surface area contributed by atoms with Gasteiger partial charge in [0.1, 0.15) is 0 Å². The van der Waals surface area contributed by atoms with Crippen LogP contribution >= 0.6 is 11.3 Å². The zero-order valence-corrected chi connectivity index (χ0v) is 16.8. The van der Waals surface area contributed by atoms with Gasteiger partial charge in [-0.15, -0.1) is 11.3 Å². The van der Waals surface area contributed by atoms with Gasteiger partial charge in [-0.1, -0.05) is 6.07 Å². The number of thiophene rings is 1. The summed E-state index contributed by atoms with van der Waals surface area (Å²) in [4.78, 5) is 8.35. The van der Waals surface area contributed by atoms with Gasteiger partial charge in [0.15, 0.2) is 5.96 Å². The molecule has 2 aromatic heterocycles. The van der Waals surface area contributed by atoms with Crippen LogP contribution in [-0.2, 0) is 13.5 Å². The predicted octanol–water partition coefficient (Wildman–Crippen LogP) is 2.27. The number of aryl methyl sites for hydroxylation is 1. The SMILES string of the molecule is CN=C(NCCc1cnn(C)c1)NCC1CCCN(C)C1c1cccs1. The maximum Gasteiger partial charge on any atom is 0.190 e. The van der Waals surface area contributed by atoms with Gasteiger partial charge in [-0.2, -0.15) is 5.10 Å². The van der Waals surface area contributed by atoms with Crippen LogP contribution in [-0.4, -0.2) is 54.4 Å². The lowest BCUT2D eigenvalue weighted by Crippen LogP contribution is -2.45. The number of aromatic nitrogens is 2. The van der Waals surface area contributed by atoms with E-state index in [1.54, 1.807) is 0 Å². The summed E-state index contributed by atoms with van der Waals surface area (Å²) >= 11 is 1.87. The van der Waals surface area contributed by atoms with E-state index < -0.39 is 0 Å². The molecule has 0 amide bonds. The highest BCUT2D eigenvalue weighted by atomic mass is 32.1. The highest BCUT2D eigenvalue weighted by Crippen LogP contribution is 2.36. The lowest BCUT2D eigenvalue weighted by molar-refractivity contribution is 0.125. The second-order valence-corrected chi connectivity index (χ2v) is 7.97. The van der Waals surface area contributed by atoms with Crippen LogP contribution < -0.4 is 10.6 Å². The Balaban J connectivity index is 1.50. The Morgan fingerprint density at radius 1 is 1.38 bits per heavy atom. The summed E-state index contributed by atoms with van der Waals surface area (Å²) < 4.78 is 1.84. The van der Waals surface area contributed by atoms with Crippen molar-refractivity contribution in [3.05, 3.63) is 40.3 Å². The predicted molar refractivity (Wildman–Crippen MR) is 109 cm³/mol. The van der Waals surface area contributed by atoms with Gasteiger partial charge in [-0.3, -0.25) is 14.6 Å². The first-order chi connectivity index (χ1) is 12.7. The van der Waals surface area contributed by atoms with E-state index in [0.29, 0.717) is 12.0 Å². The van der Waals surface area contributed by atoms with E-state index in [0.717, 1.165) is 25.5 Å². The molecule has 1 aliphatic heterocycles. The molecule has 0 saturated carbocycles. The quantitative estimate of drug-likeness (QED) is 0.602. The highest BCUT2D eigenvalue weighted by Gasteiger charge is 2.31. The third-order valence-electron chi connectivity index (χ3n) is 5.06. The monoisotopic (exact) mass is 374 g/mol. The normalized spacial score (nSPS) is 21.7. The molecule has 26 heavy (non-hydrogen) atoms. The van der Waals surface area contributed by atoms with Crippen LogP contribution in [0.15, 0.2) is 34.9 Å². The maximum absolute atomic E-state index is 4.38. The van der Waals surface area contributed by atoms with Crippen molar-refractivity contribution in [2.75, 3.05) is 33.7 Å². The van der Waals surface area contributed by atoms with Crippen LogP contribution in [0.3, 0.4) is 0 Å². The summed E-state index contributed by atoms with van der Waals surface area (Å²) in [5.74, 6) is 1.48. The molecule has 0 aromatic carbocycles. The Morgan fingerprint density at radius 2 is 2.27 bits per heavy atom. The Bertz CT molecular complexity index is 693. The van der Waals surface area contributed by atoms with Gasteiger partial charge in [0, 0.05) is 44.3 Å². The number of guanidine groups is 1. The van der Waals surface area contributed by atoms with Crippen LogP contribution in [0.1, 0.15) is 29.3 Å². The number of likely N-dealkylation sites (tertiary alicyclic amines) is 1. The summed E-state index contributed by atoms with van der Waals surface area (Å²) in [6.45, 7) is 2.97. The lowest BCUT2D eigenvalue weighted by Gasteiger charge is -2.39. The van der Waals surface area contributed by atoms with Gasteiger partial charge in [-0.25, -0.2) is 0 Å². The van der Waals surface area contributed by atoms with Crippen molar-refractivity contribution in [1.82, 2.24) is 25.3 Å². The molecule has 6 nitrogen and oxygen atoms in total. The molecule has 3 heterocycles. The molecule has 1 aliphatic rings. The highest BCUT2D eigenvalue weighted by molar-refractivity contribution is 7.10. The zero-order valence-electron chi connectivity index (χ0n) is 16.0. The van der Waals surface area contributed by atoms with Gasteiger partial charge in [0.2, 0.25) is 0 Å². The van der Waals surface area contributed by atoms with E-state index in [1.165, 1.54) is 29.8 Å². The van der Waals surface area contributed by atoms with Crippen molar-refractivity contribution < 1.29 is 0 Å². The number of aliphatic imine (C=N–C) groups is 1. The van der Waals surface area contributed by atoms with Gasteiger partial charge >= 0.3 is 0 Å². The summed E-state index contributed by atoms with van der Waals surface area (Å²) in [5.41, 5.74) is 1.24. The molecule has 1 fully saturated rings. The number of nitrogens with one attached hydrogen (secondary N) is 2. The molecule has 2 aromatic rings. The minimum absolute atomic E-state index is 0.504. The average molecular weight is 375 g/mol. The molecular formula is C19H30N6S. The van der Waals surface area contributed by atoms with E-state index in [4.69, 9.17) is 0 Å². The molecule has 0 bridgehead atoms. The van der Waals surface area contributed by atoms with E-state index in [9.17, 15) is 0 Å². The van der Waals surface area contributed by atoms with E-state index in [1.807, 2.05) is 36.3 Å². The number of hydrogen-bond acceptors (Lipinski definition) is 4. The summed E-state index contributed by atoms with van der Waals surface area (Å²) in [6, 6.07) is 4.93. The summed E-state index contributed by atoms with van der Waals surface area (Å²) in [5, 5.41) is 13.4. The summed E-state index contributed by atoms with van der Waals surface area (Å²) in [6.07, 6.45) is 7.44. The molecule has 142 valence electrons. The van der Waals surface area contributed by atoms with E-state index in [-0.39, 0.29) is 0 Å². The van der Waals surface area contributed by atoms with Crippen molar-refractivity contribution in [1.29, 1.82) is 0 Å². The van der Waals surface area contributed by atoms with Crippen LogP contribution in [0.2, 0.25) is 0 Å². The Morgan fingerprint density at radius 3 is 2.96 bits per heavy atom. The maximum atomic E-state index is 4.38. The smallest absolute Gasteiger partial charge is 0.190 e. The Labute approximate surface area is 160 Å². The topological polar surface area (TPSA) is 57.5 Å². The van der Waals surface area contributed by atoms with Gasteiger partial charge in [0.05, 0.1) is 6.20 Å². The molecule has 2 atom stereocenters. The molecule has 1 saturated heterocycles. The zero-order chi connectivity index (χ0) is 18.4. The van der Waals surface area contributed by atoms with Crippen LogP contribution in [0.25, 0.3) is 0 Å².